The first kappa shape index (κ1) is 22.1. The van der Waals surface area contributed by atoms with Gasteiger partial charge in [0.2, 0.25) is 0 Å². The summed E-state index contributed by atoms with van der Waals surface area (Å²) in [6.45, 7) is 4.63. The Morgan fingerprint density at radius 1 is 1.15 bits per heavy atom. The van der Waals surface area contributed by atoms with E-state index in [1.165, 1.54) is 4.80 Å². The Morgan fingerprint density at radius 2 is 1.91 bits per heavy atom. The van der Waals surface area contributed by atoms with E-state index in [-0.39, 0.29) is 11.9 Å². The van der Waals surface area contributed by atoms with Crippen LogP contribution in [0, 0.1) is 13.8 Å². The van der Waals surface area contributed by atoms with Gasteiger partial charge >= 0.3 is 0 Å². The number of ether oxygens (including phenoxy) is 1. The summed E-state index contributed by atoms with van der Waals surface area (Å²) < 4.78 is 5.45. The largest absolute Gasteiger partial charge is 0.494 e. The zero-order valence-corrected chi connectivity index (χ0v) is 19.9. The molecule has 0 radical (unpaired) electrons. The van der Waals surface area contributed by atoms with Crippen LogP contribution in [-0.4, -0.2) is 54.6 Å². The number of para-hydroxylation sites is 1. The summed E-state index contributed by atoms with van der Waals surface area (Å²) in [6.07, 6.45) is 4.85. The Kier molecular flexibility index (Phi) is 5.79. The number of aromatic nitrogens is 6. The van der Waals surface area contributed by atoms with Crippen LogP contribution in [0.2, 0.25) is 5.02 Å². The smallest absolute Gasteiger partial charge is 0.256 e. The standard InChI is InChI=1S/C24H24ClN7O2/c1-14-12-17(20(13-15(14)2)32-26-9-10-27-32)24(33)31-11-5-8-19(31)23-28-22(29-30-23)16-6-4-7-18(25)21(16)34-3/h4,6-7,9-10,12-13,19H,5,8,11H2,1-3H3,(H,28,29,30). The van der Waals surface area contributed by atoms with Gasteiger partial charge in [-0.15, -0.1) is 10.2 Å². The van der Waals surface area contributed by atoms with E-state index in [1.54, 1.807) is 25.6 Å². The number of benzene rings is 2. The first-order chi connectivity index (χ1) is 16.5. The summed E-state index contributed by atoms with van der Waals surface area (Å²) in [4.78, 5) is 20.4. The lowest BCUT2D eigenvalue weighted by molar-refractivity contribution is 0.0729. The molecule has 0 bridgehead atoms. The van der Waals surface area contributed by atoms with Gasteiger partial charge in [-0.3, -0.25) is 4.79 Å². The lowest BCUT2D eigenvalue weighted by Gasteiger charge is -2.24. The van der Waals surface area contributed by atoms with E-state index in [1.807, 2.05) is 43.0 Å². The van der Waals surface area contributed by atoms with Crippen LogP contribution in [0.25, 0.3) is 17.1 Å². The Bertz CT molecular complexity index is 1350. The Labute approximate surface area is 201 Å². The van der Waals surface area contributed by atoms with Crippen LogP contribution < -0.4 is 4.74 Å². The van der Waals surface area contributed by atoms with Gasteiger partial charge in [0.25, 0.3) is 5.91 Å². The lowest BCUT2D eigenvalue weighted by Crippen LogP contribution is -2.32. The fourth-order valence-electron chi connectivity index (χ4n) is 4.38. The number of carbonyl (C=O) groups excluding carboxylic acids is 1. The van der Waals surface area contributed by atoms with Crippen molar-refractivity contribution in [1.82, 2.24) is 35.1 Å². The topological polar surface area (TPSA) is 102 Å². The van der Waals surface area contributed by atoms with Crippen molar-refractivity contribution in [2.24, 2.45) is 0 Å². The SMILES string of the molecule is COc1c(Cl)cccc1-c1nnc(C2CCCN2C(=O)c2cc(C)c(C)cc2-n2nccn2)[nH]1. The zero-order valence-electron chi connectivity index (χ0n) is 19.1. The minimum absolute atomic E-state index is 0.0869. The van der Waals surface area contributed by atoms with Crippen LogP contribution in [0.5, 0.6) is 5.75 Å². The van der Waals surface area contributed by atoms with Crippen molar-refractivity contribution in [1.29, 1.82) is 0 Å². The van der Waals surface area contributed by atoms with Gasteiger partial charge in [0.15, 0.2) is 11.6 Å². The third kappa shape index (κ3) is 3.81. The van der Waals surface area contributed by atoms with E-state index >= 15 is 0 Å². The Hall–Kier alpha value is -3.72. The first-order valence-electron chi connectivity index (χ1n) is 11.0. The molecule has 1 amide bonds. The van der Waals surface area contributed by atoms with Crippen molar-refractivity contribution in [2.75, 3.05) is 13.7 Å². The molecule has 1 unspecified atom stereocenters. The highest BCUT2D eigenvalue weighted by atomic mass is 35.5. The molecule has 174 valence electrons. The first-order valence-corrected chi connectivity index (χ1v) is 11.4. The summed E-state index contributed by atoms with van der Waals surface area (Å²) in [7, 11) is 1.56. The van der Waals surface area contributed by atoms with Crippen molar-refractivity contribution in [2.45, 2.75) is 32.7 Å². The number of rotatable bonds is 5. The maximum atomic E-state index is 13.8. The summed E-state index contributed by atoms with van der Waals surface area (Å²) >= 11 is 6.27. The van der Waals surface area contributed by atoms with E-state index in [2.05, 4.69) is 25.4 Å². The number of likely N-dealkylation sites (tertiary alicyclic amines) is 1. The maximum Gasteiger partial charge on any atom is 0.256 e. The normalized spacial score (nSPS) is 15.6. The number of nitrogens with zero attached hydrogens (tertiary/aromatic N) is 6. The van der Waals surface area contributed by atoms with E-state index in [9.17, 15) is 4.79 Å². The summed E-state index contributed by atoms with van der Waals surface area (Å²) in [5.41, 5.74) is 4.03. The maximum absolute atomic E-state index is 13.8. The van der Waals surface area contributed by atoms with E-state index < -0.39 is 0 Å². The van der Waals surface area contributed by atoms with Crippen molar-refractivity contribution >= 4 is 17.5 Å². The molecule has 0 saturated carbocycles. The highest BCUT2D eigenvalue weighted by molar-refractivity contribution is 6.32. The second kappa shape index (κ2) is 8.90. The number of nitrogens with one attached hydrogen (secondary N) is 1. The van der Waals surface area contributed by atoms with Crippen LogP contribution in [0.4, 0.5) is 0 Å². The van der Waals surface area contributed by atoms with Crippen LogP contribution in [0.15, 0.2) is 42.7 Å². The molecule has 0 spiro atoms. The monoisotopic (exact) mass is 477 g/mol. The highest BCUT2D eigenvalue weighted by Gasteiger charge is 2.34. The van der Waals surface area contributed by atoms with Crippen LogP contribution >= 0.6 is 11.6 Å². The van der Waals surface area contributed by atoms with Gasteiger partial charge in [-0.1, -0.05) is 17.7 Å². The van der Waals surface area contributed by atoms with Gasteiger partial charge in [0.05, 0.1) is 47.4 Å². The van der Waals surface area contributed by atoms with Gasteiger partial charge in [0, 0.05) is 6.54 Å². The fourth-order valence-corrected chi connectivity index (χ4v) is 4.63. The number of H-pyrrole nitrogens is 1. The van der Waals surface area contributed by atoms with E-state index in [0.29, 0.717) is 45.8 Å². The molecule has 1 N–H and O–H groups in total. The zero-order chi connectivity index (χ0) is 23.8. The molecule has 1 fully saturated rings. The third-order valence-electron chi connectivity index (χ3n) is 6.24. The van der Waals surface area contributed by atoms with Crippen molar-refractivity contribution in [3.8, 4) is 22.8 Å². The number of halogens is 1. The van der Waals surface area contributed by atoms with Crippen LogP contribution in [-0.2, 0) is 0 Å². The number of carbonyl (C=O) groups is 1. The lowest BCUT2D eigenvalue weighted by atomic mass is 10.0. The molecule has 34 heavy (non-hydrogen) atoms. The molecule has 5 rings (SSSR count). The predicted molar refractivity (Wildman–Crippen MR) is 127 cm³/mol. The molecule has 1 aliphatic rings. The predicted octanol–water partition coefficient (Wildman–Crippen LogP) is 4.31. The quantitative estimate of drug-likeness (QED) is 0.459. The average molecular weight is 478 g/mol. The Balaban J connectivity index is 1.49. The second-order valence-electron chi connectivity index (χ2n) is 8.31. The van der Waals surface area contributed by atoms with Crippen molar-refractivity contribution in [3.05, 3.63) is 70.3 Å². The summed E-state index contributed by atoms with van der Waals surface area (Å²) in [5, 5.41) is 17.7. The number of hydrogen-bond donors (Lipinski definition) is 1. The minimum Gasteiger partial charge on any atom is -0.494 e. The molecular formula is C24H24ClN7O2. The molecule has 0 aliphatic carbocycles. The Morgan fingerprint density at radius 3 is 2.68 bits per heavy atom. The number of aryl methyl sites for hydroxylation is 2. The van der Waals surface area contributed by atoms with Crippen molar-refractivity contribution in [3.63, 3.8) is 0 Å². The van der Waals surface area contributed by atoms with Crippen molar-refractivity contribution < 1.29 is 9.53 Å². The molecule has 1 saturated heterocycles. The van der Waals surface area contributed by atoms with E-state index in [0.717, 1.165) is 24.0 Å². The molecule has 9 nitrogen and oxygen atoms in total. The molecule has 2 aromatic carbocycles. The third-order valence-corrected chi connectivity index (χ3v) is 6.53. The molecule has 1 atom stereocenters. The molecule has 4 aromatic rings. The van der Waals surface area contributed by atoms with Gasteiger partial charge in [-0.05, 0) is 62.1 Å². The van der Waals surface area contributed by atoms with Gasteiger partial charge in [-0.25, -0.2) is 0 Å². The molecule has 3 heterocycles. The summed E-state index contributed by atoms with van der Waals surface area (Å²) in [5.74, 6) is 1.61. The number of amides is 1. The van der Waals surface area contributed by atoms with Gasteiger partial charge in [-0.2, -0.15) is 15.0 Å². The number of hydrogen-bond acceptors (Lipinski definition) is 6. The molecule has 2 aromatic heterocycles. The molecule has 10 heteroatoms. The fraction of sp³-hybridized carbons (Fsp3) is 0.292. The van der Waals surface area contributed by atoms with Gasteiger partial charge in [0.1, 0.15) is 5.75 Å². The average Bonchev–Trinajstić information content (AvgIpc) is 3.61. The molecular weight excluding hydrogens is 454 g/mol. The van der Waals surface area contributed by atoms with E-state index in [4.69, 9.17) is 16.3 Å². The number of methoxy groups -OCH3 is 1. The molecule has 1 aliphatic heterocycles. The highest BCUT2D eigenvalue weighted by Crippen LogP contribution is 2.37. The van der Waals surface area contributed by atoms with Crippen LogP contribution in [0.3, 0.4) is 0 Å². The second-order valence-corrected chi connectivity index (χ2v) is 8.72. The van der Waals surface area contributed by atoms with Gasteiger partial charge < -0.3 is 14.6 Å². The minimum atomic E-state index is -0.223. The summed E-state index contributed by atoms with van der Waals surface area (Å²) in [6, 6.07) is 9.09. The number of aromatic amines is 1. The van der Waals surface area contributed by atoms with Crippen LogP contribution in [0.1, 0.15) is 46.2 Å².